The first-order valence-corrected chi connectivity index (χ1v) is 11.7. The van der Waals surface area contributed by atoms with Crippen LogP contribution in [0.2, 0.25) is 0 Å². The molecule has 6 nitrogen and oxygen atoms in total. The summed E-state index contributed by atoms with van der Waals surface area (Å²) >= 11 is 1.59. The summed E-state index contributed by atoms with van der Waals surface area (Å²) in [5, 5.41) is 7.79. The molecule has 0 unspecified atom stereocenters. The van der Waals surface area contributed by atoms with Crippen molar-refractivity contribution >= 4 is 33.6 Å². The Bertz CT molecular complexity index is 1310. The highest BCUT2D eigenvalue weighted by molar-refractivity contribution is 7.09. The Labute approximate surface area is 190 Å². The summed E-state index contributed by atoms with van der Waals surface area (Å²) in [6.45, 7) is 4.66. The quantitative estimate of drug-likeness (QED) is 0.419. The number of nitrogens with one attached hydrogen (secondary N) is 2. The number of aromatic amines is 1. The van der Waals surface area contributed by atoms with E-state index in [4.69, 9.17) is 4.98 Å². The predicted octanol–water partition coefficient (Wildman–Crippen LogP) is 5.12. The topological polar surface area (TPSA) is 73.9 Å². The number of thiazole rings is 1. The fourth-order valence-corrected chi connectivity index (χ4v) is 4.64. The second-order valence-electron chi connectivity index (χ2n) is 7.93. The molecular formula is C25H25N5OS. The van der Waals surface area contributed by atoms with Crippen LogP contribution in [0.5, 0.6) is 0 Å². The summed E-state index contributed by atoms with van der Waals surface area (Å²) in [6.07, 6.45) is 8.37. The normalized spacial score (nSPS) is 14.0. The van der Waals surface area contributed by atoms with Gasteiger partial charge in [0.15, 0.2) is 0 Å². The number of rotatable bonds is 5. The number of nitrogens with zero attached hydrogens (tertiary/aromatic N) is 3. The van der Waals surface area contributed by atoms with Crippen molar-refractivity contribution in [3.8, 4) is 11.4 Å². The van der Waals surface area contributed by atoms with Gasteiger partial charge in [0.2, 0.25) is 0 Å². The molecule has 32 heavy (non-hydrogen) atoms. The minimum atomic E-state index is -0.149. The molecule has 0 aliphatic carbocycles. The van der Waals surface area contributed by atoms with Crippen molar-refractivity contribution in [2.45, 2.75) is 26.3 Å². The van der Waals surface area contributed by atoms with E-state index in [9.17, 15) is 4.79 Å². The first-order chi connectivity index (χ1) is 15.7. The highest BCUT2D eigenvalue weighted by Crippen LogP contribution is 2.27. The van der Waals surface area contributed by atoms with E-state index in [1.165, 1.54) is 5.69 Å². The average Bonchev–Trinajstić information content (AvgIpc) is 3.07. The van der Waals surface area contributed by atoms with E-state index >= 15 is 0 Å². The summed E-state index contributed by atoms with van der Waals surface area (Å²) in [6, 6.07) is 12.5. The monoisotopic (exact) mass is 443 g/mol. The van der Waals surface area contributed by atoms with Crippen LogP contribution in [0.3, 0.4) is 0 Å². The van der Waals surface area contributed by atoms with E-state index in [2.05, 4.69) is 56.6 Å². The zero-order valence-electron chi connectivity index (χ0n) is 18.0. The Hall–Kier alpha value is -3.45. The molecule has 4 heterocycles. The number of aromatic nitrogens is 3. The van der Waals surface area contributed by atoms with Gasteiger partial charge in [-0.1, -0.05) is 24.3 Å². The van der Waals surface area contributed by atoms with Crippen LogP contribution in [0.4, 0.5) is 11.5 Å². The molecule has 0 spiro atoms. The van der Waals surface area contributed by atoms with Crippen molar-refractivity contribution in [2.24, 2.45) is 0 Å². The van der Waals surface area contributed by atoms with Crippen LogP contribution >= 0.6 is 11.3 Å². The fourth-order valence-electron chi connectivity index (χ4n) is 4.03. The SMILES string of the molecule is Cc1nc(-c2cc3cc[nH]c(=O)c3c(NCc3ccc(N4CCC=CCC4)cc3)n2)cs1. The Morgan fingerprint density at radius 1 is 1.06 bits per heavy atom. The third kappa shape index (κ3) is 4.29. The molecule has 7 heteroatoms. The average molecular weight is 444 g/mol. The Morgan fingerprint density at radius 3 is 2.56 bits per heavy atom. The Kier molecular flexibility index (Phi) is 5.73. The maximum Gasteiger partial charge on any atom is 0.259 e. The lowest BCUT2D eigenvalue weighted by atomic mass is 10.1. The van der Waals surface area contributed by atoms with Gasteiger partial charge >= 0.3 is 0 Å². The molecule has 0 bridgehead atoms. The number of pyridine rings is 2. The van der Waals surface area contributed by atoms with Crippen LogP contribution in [0.25, 0.3) is 22.2 Å². The third-order valence-electron chi connectivity index (χ3n) is 5.70. The molecular weight excluding hydrogens is 418 g/mol. The van der Waals surface area contributed by atoms with Gasteiger partial charge in [0.25, 0.3) is 5.56 Å². The minimum absolute atomic E-state index is 0.149. The second-order valence-corrected chi connectivity index (χ2v) is 9.00. The van der Waals surface area contributed by atoms with Crippen LogP contribution in [-0.4, -0.2) is 28.0 Å². The van der Waals surface area contributed by atoms with Crippen molar-refractivity contribution in [3.63, 3.8) is 0 Å². The van der Waals surface area contributed by atoms with Crippen molar-refractivity contribution < 1.29 is 0 Å². The Balaban J connectivity index is 1.40. The molecule has 1 aromatic carbocycles. The number of hydrogen-bond donors (Lipinski definition) is 2. The fraction of sp³-hybridized carbons (Fsp3) is 0.240. The van der Waals surface area contributed by atoms with Crippen molar-refractivity contribution in [2.75, 3.05) is 23.3 Å². The van der Waals surface area contributed by atoms with Gasteiger partial charge in [-0.3, -0.25) is 4.79 Å². The van der Waals surface area contributed by atoms with Gasteiger partial charge in [0, 0.05) is 36.9 Å². The van der Waals surface area contributed by atoms with E-state index in [1.54, 1.807) is 17.5 Å². The first-order valence-electron chi connectivity index (χ1n) is 10.8. The van der Waals surface area contributed by atoms with Gasteiger partial charge < -0.3 is 15.2 Å². The molecule has 0 saturated heterocycles. The molecule has 1 aliphatic rings. The number of hydrogen-bond acceptors (Lipinski definition) is 6. The molecule has 1 aliphatic heterocycles. The largest absolute Gasteiger partial charge is 0.371 e. The molecule has 3 aromatic heterocycles. The smallest absolute Gasteiger partial charge is 0.259 e. The molecule has 0 fully saturated rings. The predicted molar refractivity (Wildman–Crippen MR) is 133 cm³/mol. The highest BCUT2D eigenvalue weighted by atomic mass is 32.1. The van der Waals surface area contributed by atoms with E-state index < -0.39 is 0 Å². The maximum atomic E-state index is 12.6. The lowest BCUT2D eigenvalue weighted by Crippen LogP contribution is -2.23. The van der Waals surface area contributed by atoms with E-state index in [0.29, 0.717) is 17.7 Å². The molecule has 0 saturated carbocycles. The van der Waals surface area contributed by atoms with Crippen LogP contribution < -0.4 is 15.8 Å². The molecule has 0 atom stereocenters. The van der Waals surface area contributed by atoms with Gasteiger partial charge in [0.1, 0.15) is 5.82 Å². The standard InChI is InChI=1S/C25H25N5OS/c1-17-28-22(16-32-17)21-14-19-10-11-26-25(31)23(19)24(29-21)27-15-18-6-8-20(9-7-18)30-12-4-2-3-5-13-30/h2-3,6-11,14,16H,4-5,12-13,15H2,1H3,(H,26,31)(H,27,29). The highest BCUT2D eigenvalue weighted by Gasteiger charge is 2.13. The van der Waals surface area contributed by atoms with Crippen LogP contribution in [0, 0.1) is 6.92 Å². The first kappa shape index (κ1) is 20.5. The van der Waals surface area contributed by atoms with E-state index in [-0.39, 0.29) is 5.56 Å². The molecule has 4 aromatic rings. The van der Waals surface area contributed by atoms with Crippen LogP contribution in [0.1, 0.15) is 23.4 Å². The van der Waals surface area contributed by atoms with E-state index in [1.807, 2.05) is 24.4 Å². The number of fused-ring (bicyclic) bond motifs is 1. The van der Waals surface area contributed by atoms with Crippen LogP contribution in [0.15, 0.2) is 64.9 Å². The molecule has 162 valence electrons. The van der Waals surface area contributed by atoms with Crippen molar-refractivity contribution in [1.29, 1.82) is 0 Å². The number of benzene rings is 1. The van der Waals surface area contributed by atoms with Gasteiger partial charge in [-0.2, -0.15) is 0 Å². The summed E-state index contributed by atoms with van der Waals surface area (Å²) in [5.41, 5.74) is 3.83. The van der Waals surface area contributed by atoms with Crippen LogP contribution in [-0.2, 0) is 6.54 Å². The molecule has 0 radical (unpaired) electrons. The summed E-state index contributed by atoms with van der Waals surface area (Å²) in [7, 11) is 0. The number of anilines is 2. The molecule has 2 N–H and O–H groups in total. The zero-order chi connectivity index (χ0) is 21.9. The maximum absolute atomic E-state index is 12.6. The number of H-pyrrole nitrogens is 1. The zero-order valence-corrected chi connectivity index (χ0v) is 18.8. The van der Waals surface area contributed by atoms with E-state index in [0.717, 1.165) is 53.3 Å². The van der Waals surface area contributed by atoms with Gasteiger partial charge in [-0.25, -0.2) is 9.97 Å². The molecule has 0 amide bonds. The number of aryl methyl sites for hydroxylation is 1. The second kappa shape index (κ2) is 8.96. The van der Waals surface area contributed by atoms with Crippen molar-refractivity contribution in [1.82, 2.24) is 15.0 Å². The van der Waals surface area contributed by atoms with Crippen molar-refractivity contribution in [3.05, 3.63) is 81.1 Å². The lowest BCUT2D eigenvalue weighted by molar-refractivity contribution is 0.812. The lowest BCUT2D eigenvalue weighted by Gasteiger charge is -2.22. The third-order valence-corrected chi connectivity index (χ3v) is 6.47. The molecule has 5 rings (SSSR count). The van der Waals surface area contributed by atoms with Gasteiger partial charge in [-0.05, 0) is 55.0 Å². The minimum Gasteiger partial charge on any atom is -0.371 e. The summed E-state index contributed by atoms with van der Waals surface area (Å²) in [4.78, 5) is 27.1. The summed E-state index contributed by atoms with van der Waals surface area (Å²) in [5.74, 6) is 0.577. The van der Waals surface area contributed by atoms with Gasteiger partial charge in [0.05, 0.1) is 21.8 Å². The summed E-state index contributed by atoms with van der Waals surface area (Å²) < 4.78 is 0. The van der Waals surface area contributed by atoms with Gasteiger partial charge in [-0.15, -0.1) is 11.3 Å². The Morgan fingerprint density at radius 2 is 1.84 bits per heavy atom.